The molecule has 2 aromatic carbocycles. The second-order valence-corrected chi connectivity index (χ2v) is 8.77. The molecule has 0 bridgehead atoms. The van der Waals surface area contributed by atoms with Crippen molar-refractivity contribution in [3.63, 3.8) is 0 Å². The molecule has 0 unspecified atom stereocenters. The predicted molar refractivity (Wildman–Crippen MR) is 129 cm³/mol. The maximum atomic E-state index is 14.3. The van der Waals surface area contributed by atoms with Gasteiger partial charge in [-0.25, -0.2) is 9.82 Å². The number of fused-ring (bicyclic) bond motifs is 3. The van der Waals surface area contributed by atoms with E-state index in [0.717, 1.165) is 22.4 Å². The molecule has 0 radical (unpaired) electrons. The molecule has 8 nitrogen and oxygen atoms in total. The number of benzene rings is 2. The first kappa shape index (κ1) is 23.7. The van der Waals surface area contributed by atoms with Gasteiger partial charge in [0.2, 0.25) is 0 Å². The summed E-state index contributed by atoms with van der Waals surface area (Å²) in [4.78, 5) is 28.0. The number of hydrazone groups is 1. The first-order chi connectivity index (χ1) is 16.4. The second-order valence-electron chi connectivity index (χ2n) is 7.67. The zero-order valence-electron chi connectivity index (χ0n) is 19.1. The first-order valence-corrected chi connectivity index (χ1v) is 11.5. The van der Waals surface area contributed by atoms with Crippen LogP contribution >= 0.6 is 11.3 Å². The van der Waals surface area contributed by atoms with Gasteiger partial charge in [-0.15, -0.1) is 11.3 Å². The van der Waals surface area contributed by atoms with Gasteiger partial charge in [0.25, 0.3) is 11.8 Å². The minimum Gasteiger partial charge on any atom is -0.493 e. The van der Waals surface area contributed by atoms with Gasteiger partial charge in [-0.05, 0) is 30.8 Å². The molecular formula is C24H25FN4O4S. The van der Waals surface area contributed by atoms with E-state index in [1.54, 1.807) is 18.2 Å². The molecule has 2 heterocycles. The lowest BCUT2D eigenvalue weighted by atomic mass is 10.0. The van der Waals surface area contributed by atoms with E-state index < -0.39 is 11.8 Å². The number of hydrogen-bond acceptors (Lipinski definition) is 7. The molecule has 4 rings (SSSR count). The maximum Gasteiger partial charge on any atom is 0.259 e. The van der Waals surface area contributed by atoms with Crippen molar-refractivity contribution in [1.29, 1.82) is 0 Å². The summed E-state index contributed by atoms with van der Waals surface area (Å²) in [7, 11) is 2.99. The van der Waals surface area contributed by atoms with Crippen molar-refractivity contribution in [3.8, 4) is 11.5 Å². The van der Waals surface area contributed by atoms with E-state index in [1.165, 1.54) is 37.7 Å². The quantitative estimate of drug-likeness (QED) is 0.503. The van der Waals surface area contributed by atoms with Crippen LogP contribution in [0.15, 0.2) is 41.5 Å². The van der Waals surface area contributed by atoms with E-state index in [1.807, 2.05) is 13.0 Å². The largest absolute Gasteiger partial charge is 0.493 e. The van der Waals surface area contributed by atoms with Gasteiger partial charge in [-0.1, -0.05) is 19.1 Å². The van der Waals surface area contributed by atoms with Gasteiger partial charge in [-0.2, -0.15) is 5.10 Å². The minimum absolute atomic E-state index is 0.257. The van der Waals surface area contributed by atoms with Crippen LogP contribution in [0.5, 0.6) is 11.5 Å². The first-order valence-electron chi connectivity index (χ1n) is 10.7. The third-order valence-corrected chi connectivity index (χ3v) is 6.79. The van der Waals surface area contributed by atoms with E-state index in [2.05, 4.69) is 20.7 Å². The van der Waals surface area contributed by atoms with Gasteiger partial charge in [0.1, 0.15) is 5.82 Å². The Hall–Kier alpha value is -3.50. The Morgan fingerprint density at radius 1 is 1.15 bits per heavy atom. The number of amides is 2. The molecule has 3 aromatic rings. The topological polar surface area (TPSA) is 92.3 Å². The predicted octanol–water partition coefficient (Wildman–Crippen LogP) is 3.14. The highest BCUT2D eigenvalue weighted by molar-refractivity contribution is 7.19. The van der Waals surface area contributed by atoms with Crippen LogP contribution in [0.25, 0.3) is 10.1 Å². The summed E-state index contributed by atoms with van der Waals surface area (Å²) in [5.74, 6) is -0.246. The molecular weight excluding hydrogens is 459 g/mol. The molecule has 0 fully saturated rings. The summed E-state index contributed by atoms with van der Waals surface area (Å²) in [6, 6.07) is 9.73. The third-order valence-electron chi connectivity index (χ3n) is 5.59. The van der Waals surface area contributed by atoms with Crippen LogP contribution in [0.3, 0.4) is 0 Å². The molecule has 0 saturated heterocycles. The lowest BCUT2D eigenvalue weighted by Gasteiger charge is -2.26. The smallest absolute Gasteiger partial charge is 0.259 e. The summed E-state index contributed by atoms with van der Waals surface area (Å²) in [5, 5.41) is 7.72. The van der Waals surface area contributed by atoms with Crippen LogP contribution < -0.4 is 20.2 Å². The van der Waals surface area contributed by atoms with E-state index in [-0.39, 0.29) is 12.4 Å². The van der Waals surface area contributed by atoms with Crippen molar-refractivity contribution >= 4 is 38.9 Å². The molecule has 0 saturated carbocycles. The number of carbonyl (C=O) groups excluding carboxylic acids is 2. The van der Waals surface area contributed by atoms with Crippen molar-refractivity contribution in [2.24, 2.45) is 5.10 Å². The molecule has 2 N–H and O–H groups in total. The maximum absolute atomic E-state index is 14.3. The average Bonchev–Trinajstić information content (AvgIpc) is 3.25. The molecule has 0 aliphatic carbocycles. The van der Waals surface area contributed by atoms with Gasteiger partial charge in [0.15, 0.2) is 11.5 Å². The number of nitrogens with zero attached hydrogens (tertiary/aromatic N) is 2. The number of ether oxygens (including phenoxy) is 2. The third kappa shape index (κ3) is 4.73. The fraction of sp³-hybridized carbons (Fsp3) is 0.292. The zero-order valence-corrected chi connectivity index (χ0v) is 19.9. The molecule has 1 aromatic heterocycles. The van der Waals surface area contributed by atoms with Crippen LogP contribution in [-0.2, 0) is 11.3 Å². The Balaban J connectivity index is 1.46. The highest BCUT2D eigenvalue weighted by atomic mass is 32.1. The Bertz CT molecular complexity index is 1270. The summed E-state index contributed by atoms with van der Waals surface area (Å²) in [6.07, 6.45) is 0. The highest BCUT2D eigenvalue weighted by Gasteiger charge is 2.26. The normalized spacial score (nSPS) is 14.6. The molecule has 10 heteroatoms. The SMILES string of the molecule is CCN1C/C(=N\NC(=O)CNC(=O)c2ccc(OC)c(OC)c2)c2c(sc3c(F)cccc23)C1. The molecule has 1 aliphatic heterocycles. The van der Waals surface area contributed by atoms with Crippen molar-refractivity contribution in [2.45, 2.75) is 13.5 Å². The van der Waals surface area contributed by atoms with Crippen molar-refractivity contribution in [3.05, 3.63) is 58.2 Å². The van der Waals surface area contributed by atoms with E-state index in [4.69, 9.17) is 9.47 Å². The van der Waals surface area contributed by atoms with Gasteiger partial charge in [0, 0.05) is 34.5 Å². The Labute approximate surface area is 200 Å². The summed E-state index contributed by atoms with van der Waals surface area (Å²) < 4.78 is 25.3. The van der Waals surface area contributed by atoms with Gasteiger partial charge < -0.3 is 14.8 Å². The molecule has 0 spiro atoms. The second kappa shape index (κ2) is 10.2. The fourth-order valence-corrected chi connectivity index (χ4v) is 5.10. The standard InChI is InChI=1S/C24H25FN4O4S/c1-4-29-12-17(22-15-6-5-7-16(25)23(15)34-20(22)13-29)27-28-21(30)11-26-24(31)14-8-9-18(32-2)19(10-14)33-3/h5-10H,4,11-13H2,1-3H3,(H,26,31)(H,28,30)/b27-17+. The monoisotopic (exact) mass is 484 g/mol. The Morgan fingerprint density at radius 2 is 1.94 bits per heavy atom. The lowest BCUT2D eigenvalue weighted by Crippen LogP contribution is -2.38. The van der Waals surface area contributed by atoms with Crippen LogP contribution in [0.4, 0.5) is 4.39 Å². The molecule has 34 heavy (non-hydrogen) atoms. The summed E-state index contributed by atoms with van der Waals surface area (Å²) >= 11 is 1.41. The van der Waals surface area contributed by atoms with E-state index in [9.17, 15) is 14.0 Å². The molecule has 178 valence electrons. The molecule has 1 aliphatic rings. The van der Waals surface area contributed by atoms with Gasteiger partial charge in [0.05, 0.1) is 31.2 Å². The number of thiophene rings is 1. The lowest BCUT2D eigenvalue weighted by molar-refractivity contribution is -0.120. The van der Waals surface area contributed by atoms with Crippen LogP contribution in [0, 0.1) is 5.82 Å². The number of halogens is 1. The van der Waals surface area contributed by atoms with Crippen molar-refractivity contribution < 1.29 is 23.5 Å². The van der Waals surface area contributed by atoms with Crippen molar-refractivity contribution in [1.82, 2.24) is 15.6 Å². The van der Waals surface area contributed by atoms with E-state index >= 15 is 0 Å². The number of rotatable bonds is 7. The highest BCUT2D eigenvalue weighted by Crippen LogP contribution is 2.36. The summed E-state index contributed by atoms with van der Waals surface area (Å²) in [5.41, 5.74) is 4.40. The number of carbonyl (C=O) groups is 2. The van der Waals surface area contributed by atoms with Crippen LogP contribution in [0.2, 0.25) is 0 Å². The van der Waals surface area contributed by atoms with Gasteiger partial charge in [-0.3, -0.25) is 14.5 Å². The number of methoxy groups -OCH3 is 2. The van der Waals surface area contributed by atoms with Gasteiger partial charge >= 0.3 is 0 Å². The summed E-state index contributed by atoms with van der Waals surface area (Å²) in [6.45, 7) is 3.82. The molecule has 0 atom stereocenters. The Morgan fingerprint density at radius 3 is 2.68 bits per heavy atom. The van der Waals surface area contributed by atoms with Crippen LogP contribution in [-0.4, -0.2) is 56.3 Å². The number of likely N-dealkylation sites (N-methyl/N-ethyl adjacent to an activating group) is 1. The Kier molecular flexibility index (Phi) is 7.09. The van der Waals surface area contributed by atoms with Crippen LogP contribution in [0.1, 0.15) is 27.7 Å². The average molecular weight is 485 g/mol. The van der Waals surface area contributed by atoms with E-state index in [0.29, 0.717) is 40.6 Å². The fourth-order valence-electron chi connectivity index (χ4n) is 3.84. The number of hydrogen-bond donors (Lipinski definition) is 2. The zero-order chi connectivity index (χ0) is 24.2. The van der Waals surface area contributed by atoms with Crippen molar-refractivity contribution in [2.75, 3.05) is 33.9 Å². The minimum atomic E-state index is -0.470. The molecule has 2 amide bonds. The number of nitrogens with one attached hydrogen (secondary N) is 2.